The van der Waals surface area contributed by atoms with Crippen LogP contribution in [0.25, 0.3) is 26.6 Å². The van der Waals surface area contributed by atoms with E-state index in [0.717, 1.165) is 54.0 Å². The van der Waals surface area contributed by atoms with Crippen LogP contribution in [0.5, 0.6) is 0 Å². The van der Waals surface area contributed by atoms with Gasteiger partial charge in [0.25, 0.3) is 0 Å². The quantitative estimate of drug-likeness (QED) is 0.146. The van der Waals surface area contributed by atoms with Gasteiger partial charge in [0.2, 0.25) is 0 Å². The molecule has 0 aliphatic rings. The van der Waals surface area contributed by atoms with Crippen molar-refractivity contribution in [3.05, 3.63) is 86.4 Å². The Morgan fingerprint density at radius 2 is 1.64 bits per heavy atom. The zero-order valence-electron chi connectivity index (χ0n) is 20.6. The molecule has 0 atom stereocenters. The summed E-state index contributed by atoms with van der Waals surface area (Å²) in [5.41, 5.74) is 1.87. The Hall–Kier alpha value is -1.95. The van der Waals surface area contributed by atoms with Gasteiger partial charge in [0.05, 0.1) is 20.6 Å². The first-order valence-corrected chi connectivity index (χ1v) is 14.3. The molecule has 0 saturated carbocycles. The van der Waals surface area contributed by atoms with Gasteiger partial charge in [-0.25, -0.2) is 0 Å². The third-order valence-electron chi connectivity index (χ3n) is 6.58. The molecule has 3 nitrogen and oxygen atoms in total. The third kappa shape index (κ3) is 6.12. The summed E-state index contributed by atoms with van der Waals surface area (Å²) < 4.78 is 0.902. The number of halogens is 3. The molecule has 4 aromatic rings. The van der Waals surface area contributed by atoms with Gasteiger partial charge in [-0.05, 0) is 67.0 Å². The number of thiophene rings is 1. The molecule has 1 N–H and O–H groups in total. The summed E-state index contributed by atoms with van der Waals surface area (Å²) in [5, 5.41) is 15.3. The number of aliphatic hydroxyl groups excluding tert-OH is 1. The van der Waals surface area contributed by atoms with E-state index >= 15 is 0 Å². The monoisotopic (exact) mass is 560 g/mol. The third-order valence-corrected chi connectivity index (χ3v) is 8.75. The molecule has 0 aliphatic heterocycles. The van der Waals surface area contributed by atoms with Crippen LogP contribution >= 0.6 is 46.1 Å². The van der Waals surface area contributed by atoms with Crippen molar-refractivity contribution in [3.63, 3.8) is 0 Å². The number of nitrogens with zero attached hydrogens (tertiary/aromatic N) is 2. The first kappa shape index (κ1) is 27.1. The van der Waals surface area contributed by atoms with Gasteiger partial charge >= 0.3 is 0 Å². The minimum atomic E-state index is 0.516. The van der Waals surface area contributed by atoms with Gasteiger partial charge in [0, 0.05) is 28.2 Å². The average molecular weight is 562 g/mol. The van der Waals surface area contributed by atoms with Gasteiger partial charge in [-0.2, -0.15) is 0 Å². The van der Waals surface area contributed by atoms with E-state index in [0.29, 0.717) is 27.3 Å². The molecule has 3 aromatic carbocycles. The van der Waals surface area contributed by atoms with E-state index in [2.05, 4.69) is 66.1 Å². The van der Waals surface area contributed by atoms with Crippen molar-refractivity contribution in [3.8, 4) is 0 Å². The zero-order chi connectivity index (χ0) is 25.7. The van der Waals surface area contributed by atoms with E-state index in [4.69, 9.17) is 34.8 Å². The van der Waals surface area contributed by atoms with E-state index < -0.39 is 0 Å². The van der Waals surface area contributed by atoms with Crippen molar-refractivity contribution in [2.45, 2.75) is 33.2 Å². The van der Waals surface area contributed by atoms with Crippen LogP contribution in [-0.4, -0.2) is 41.1 Å². The lowest BCUT2D eigenvalue weighted by atomic mass is 10.1. The predicted molar refractivity (Wildman–Crippen MR) is 159 cm³/mol. The summed E-state index contributed by atoms with van der Waals surface area (Å²) in [4.78, 5) is 5.45. The molecule has 0 saturated heterocycles. The van der Waals surface area contributed by atoms with Crippen LogP contribution in [0.15, 0.2) is 60.9 Å². The lowest BCUT2D eigenvalue weighted by Gasteiger charge is -2.27. The number of benzene rings is 3. The highest BCUT2D eigenvalue weighted by atomic mass is 35.5. The lowest BCUT2D eigenvalue weighted by molar-refractivity contribution is 0.285. The van der Waals surface area contributed by atoms with Crippen LogP contribution in [0.1, 0.15) is 37.1 Å². The summed E-state index contributed by atoms with van der Waals surface area (Å²) in [6.45, 7) is 9.01. The predicted octanol–water partition coefficient (Wildman–Crippen LogP) is 9.50. The van der Waals surface area contributed by atoms with E-state index in [1.54, 1.807) is 6.07 Å². The number of unbranched alkanes of at least 4 members (excludes halogenated alkanes) is 1. The Labute approximate surface area is 232 Å². The standard InChI is InChI=1S/C29H31Cl3N2OS/c1-3-33(4-2)13-7-8-14-34(18-20-11-12-21-9-5-6-10-22(21)15-20)25(19-35)29-28(32)27-24(31)16-23(30)17-26(27)36-29/h5-6,9-12,15-17,19,35H,3-4,7-8,13-14,18H2,1-2H3/b25-19-. The van der Waals surface area contributed by atoms with Crippen molar-refractivity contribution in [1.29, 1.82) is 0 Å². The van der Waals surface area contributed by atoms with Gasteiger partial charge in [-0.15, -0.1) is 11.3 Å². The summed E-state index contributed by atoms with van der Waals surface area (Å²) >= 11 is 21.1. The number of hydrogen-bond acceptors (Lipinski definition) is 4. The lowest BCUT2D eigenvalue weighted by Crippen LogP contribution is -2.26. The molecule has 0 amide bonds. The van der Waals surface area contributed by atoms with Crippen LogP contribution in [0.2, 0.25) is 15.1 Å². The van der Waals surface area contributed by atoms with E-state index in [9.17, 15) is 5.11 Å². The normalized spacial score (nSPS) is 12.2. The smallest absolute Gasteiger partial charge is 0.104 e. The molecule has 36 heavy (non-hydrogen) atoms. The molecular formula is C29H31Cl3N2OS. The van der Waals surface area contributed by atoms with Crippen molar-refractivity contribution in [1.82, 2.24) is 9.80 Å². The molecule has 0 unspecified atom stereocenters. The van der Waals surface area contributed by atoms with Gasteiger partial charge in [-0.1, -0.05) is 85.0 Å². The van der Waals surface area contributed by atoms with Gasteiger partial charge < -0.3 is 14.9 Å². The Balaban J connectivity index is 1.65. The maximum Gasteiger partial charge on any atom is 0.104 e. The van der Waals surface area contributed by atoms with E-state index in [1.807, 2.05) is 6.07 Å². The molecule has 0 bridgehead atoms. The van der Waals surface area contributed by atoms with Crippen molar-refractivity contribution < 1.29 is 5.11 Å². The second-order valence-electron chi connectivity index (χ2n) is 8.86. The number of aliphatic hydroxyl groups is 1. The first-order valence-electron chi connectivity index (χ1n) is 12.3. The minimum absolute atomic E-state index is 0.516. The Kier molecular flexibility index (Phi) is 9.43. The molecular weight excluding hydrogens is 531 g/mol. The van der Waals surface area contributed by atoms with Crippen molar-refractivity contribution in [2.24, 2.45) is 0 Å². The van der Waals surface area contributed by atoms with Crippen LogP contribution < -0.4 is 0 Å². The highest BCUT2D eigenvalue weighted by molar-refractivity contribution is 7.21. The number of hydrogen-bond donors (Lipinski definition) is 1. The summed E-state index contributed by atoms with van der Waals surface area (Å²) in [5.74, 6) is 0. The number of fused-ring (bicyclic) bond motifs is 2. The number of rotatable bonds is 11. The maximum atomic E-state index is 10.5. The molecule has 4 rings (SSSR count). The van der Waals surface area contributed by atoms with Crippen molar-refractivity contribution >= 4 is 72.7 Å². The highest BCUT2D eigenvalue weighted by Gasteiger charge is 2.22. The molecule has 0 aliphatic carbocycles. The molecule has 0 fully saturated rings. The fourth-order valence-electron chi connectivity index (χ4n) is 4.58. The Morgan fingerprint density at radius 1 is 0.917 bits per heavy atom. The van der Waals surface area contributed by atoms with Crippen molar-refractivity contribution in [2.75, 3.05) is 26.2 Å². The highest BCUT2D eigenvalue weighted by Crippen LogP contribution is 2.44. The van der Waals surface area contributed by atoms with E-state index in [-0.39, 0.29) is 0 Å². The topological polar surface area (TPSA) is 26.7 Å². The van der Waals surface area contributed by atoms with Crippen LogP contribution in [-0.2, 0) is 6.54 Å². The fraction of sp³-hybridized carbons (Fsp3) is 0.310. The summed E-state index contributed by atoms with van der Waals surface area (Å²) in [7, 11) is 0. The average Bonchev–Trinajstić information content (AvgIpc) is 3.20. The van der Waals surface area contributed by atoms with Crippen LogP contribution in [0.3, 0.4) is 0 Å². The zero-order valence-corrected chi connectivity index (χ0v) is 23.7. The van der Waals surface area contributed by atoms with Crippen LogP contribution in [0.4, 0.5) is 0 Å². The molecule has 0 spiro atoms. The fourth-order valence-corrected chi connectivity index (χ4v) is 7.01. The molecule has 0 radical (unpaired) electrons. The molecule has 7 heteroatoms. The van der Waals surface area contributed by atoms with E-state index in [1.165, 1.54) is 33.9 Å². The summed E-state index contributed by atoms with van der Waals surface area (Å²) in [6.07, 6.45) is 3.25. The molecule has 1 heterocycles. The Morgan fingerprint density at radius 3 is 2.36 bits per heavy atom. The van der Waals surface area contributed by atoms with Gasteiger partial charge in [-0.3, -0.25) is 0 Å². The second kappa shape index (κ2) is 12.5. The largest absolute Gasteiger partial charge is 0.513 e. The Bertz CT molecular complexity index is 1360. The van der Waals surface area contributed by atoms with Gasteiger partial charge in [0.1, 0.15) is 6.26 Å². The molecule has 1 aromatic heterocycles. The van der Waals surface area contributed by atoms with Gasteiger partial charge in [0.15, 0.2) is 0 Å². The minimum Gasteiger partial charge on any atom is -0.513 e. The molecule has 190 valence electrons. The second-order valence-corrected chi connectivity index (χ2v) is 11.1. The first-order chi connectivity index (χ1) is 17.4. The van der Waals surface area contributed by atoms with Crippen LogP contribution in [0, 0.1) is 0 Å². The summed E-state index contributed by atoms with van der Waals surface area (Å²) in [6, 6.07) is 18.5. The maximum absolute atomic E-state index is 10.5. The SMILES string of the molecule is CCN(CC)CCCCN(Cc1ccc2ccccc2c1)/C(=C\O)c1sc2cc(Cl)cc(Cl)c2c1Cl.